The van der Waals surface area contributed by atoms with Gasteiger partial charge in [-0.1, -0.05) is 17.8 Å². The van der Waals surface area contributed by atoms with Gasteiger partial charge in [0.1, 0.15) is 5.03 Å². The zero-order chi connectivity index (χ0) is 17.1. The molecule has 1 aliphatic rings. The van der Waals surface area contributed by atoms with Gasteiger partial charge in [0.05, 0.1) is 12.2 Å². The maximum atomic E-state index is 12.4. The van der Waals surface area contributed by atoms with Crippen LogP contribution < -0.4 is 0 Å². The van der Waals surface area contributed by atoms with Crippen LogP contribution in [0.5, 0.6) is 0 Å². The number of carbonyl (C=O) groups excluding carboxylic acids is 2. The maximum Gasteiger partial charge on any atom is 0.347 e. The molecule has 0 unspecified atom stereocenters. The molecular formula is C18H17NO4S. The summed E-state index contributed by atoms with van der Waals surface area (Å²) in [6, 6.07) is 9.41. The van der Waals surface area contributed by atoms with Crippen LogP contribution in [-0.2, 0) is 14.3 Å². The third kappa shape index (κ3) is 3.59. The smallest absolute Gasteiger partial charge is 0.347 e. The molecule has 0 bridgehead atoms. The lowest BCUT2D eigenvalue weighted by Crippen LogP contribution is -2.23. The lowest BCUT2D eigenvalue weighted by atomic mass is 10.1. The molecule has 124 valence electrons. The highest BCUT2D eigenvalue weighted by Gasteiger charge is 2.31. The lowest BCUT2D eigenvalue weighted by molar-refractivity contribution is -0.145. The molecule has 0 spiro atoms. The highest BCUT2D eigenvalue weighted by atomic mass is 32.2. The number of aromatic nitrogens is 1. The van der Waals surface area contributed by atoms with E-state index in [2.05, 4.69) is 11.1 Å². The number of ether oxygens (including phenoxy) is 2. The molecule has 2 aromatic rings. The van der Waals surface area contributed by atoms with Crippen molar-refractivity contribution in [2.75, 3.05) is 6.61 Å². The fourth-order valence-electron chi connectivity index (χ4n) is 2.29. The van der Waals surface area contributed by atoms with Crippen LogP contribution in [0.1, 0.15) is 27.9 Å². The third-order valence-electron chi connectivity index (χ3n) is 3.82. The van der Waals surface area contributed by atoms with Gasteiger partial charge < -0.3 is 9.47 Å². The summed E-state index contributed by atoms with van der Waals surface area (Å²) in [4.78, 5) is 29.1. The molecule has 0 saturated carbocycles. The van der Waals surface area contributed by atoms with Crippen molar-refractivity contribution in [2.24, 2.45) is 0 Å². The van der Waals surface area contributed by atoms with Crippen molar-refractivity contribution in [3.05, 3.63) is 53.2 Å². The van der Waals surface area contributed by atoms with Crippen LogP contribution in [0.4, 0.5) is 0 Å². The summed E-state index contributed by atoms with van der Waals surface area (Å²) >= 11 is 1.40. The quantitative estimate of drug-likeness (QED) is 0.794. The molecule has 2 heterocycles. The number of rotatable bonds is 4. The second-order valence-electron chi connectivity index (χ2n) is 5.55. The number of aryl methyl sites for hydroxylation is 2. The van der Waals surface area contributed by atoms with Gasteiger partial charge in [0.25, 0.3) is 0 Å². The predicted octanol–water partition coefficient (Wildman–Crippen LogP) is 3.32. The van der Waals surface area contributed by atoms with Gasteiger partial charge in [-0.3, -0.25) is 0 Å². The molecule has 0 N–H and O–H groups in total. The second kappa shape index (κ2) is 7.05. The van der Waals surface area contributed by atoms with Crippen molar-refractivity contribution >= 4 is 23.7 Å². The topological polar surface area (TPSA) is 65.5 Å². The van der Waals surface area contributed by atoms with Gasteiger partial charge >= 0.3 is 11.9 Å². The Morgan fingerprint density at radius 3 is 2.83 bits per heavy atom. The van der Waals surface area contributed by atoms with E-state index in [1.54, 1.807) is 18.3 Å². The van der Waals surface area contributed by atoms with Crippen molar-refractivity contribution in [3.63, 3.8) is 0 Å². The first-order valence-electron chi connectivity index (χ1n) is 7.62. The molecular weight excluding hydrogens is 326 g/mol. The summed E-state index contributed by atoms with van der Waals surface area (Å²) in [5.74, 6) is -1.05. The van der Waals surface area contributed by atoms with Gasteiger partial charge in [0, 0.05) is 17.5 Å². The van der Waals surface area contributed by atoms with Crippen LogP contribution in [0.25, 0.3) is 0 Å². The van der Waals surface area contributed by atoms with E-state index in [1.807, 2.05) is 26.0 Å². The van der Waals surface area contributed by atoms with E-state index >= 15 is 0 Å². The first kappa shape index (κ1) is 16.5. The number of hydrogen-bond acceptors (Lipinski definition) is 6. The molecule has 5 nitrogen and oxygen atoms in total. The summed E-state index contributed by atoms with van der Waals surface area (Å²) in [5.41, 5.74) is 2.73. The van der Waals surface area contributed by atoms with Gasteiger partial charge in [-0.05, 0) is 49.2 Å². The second-order valence-corrected chi connectivity index (χ2v) is 6.62. The summed E-state index contributed by atoms with van der Waals surface area (Å²) in [6.45, 7) is 4.38. The van der Waals surface area contributed by atoms with E-state index in [4.69, 9.17) is 9.47 Å². The summed E-state index contributed by atoms with van der Waals surface area (Å²) < 4.78 is 10.1. The maximum absolute atomic E-state index is 12.4. The zero-order valence-corrected chi connectivity index (χ0v) is 14.3. The number of carbonyl (C=O) groups is 2. The number of pyridine rings is 1. The van der Waals surface area contributed by atoms with Gasteiger partial charge in [0.2, 0.25) is 6.10 Å². The molecule has 0 amide bonds. The minimum absolute atomic E-state index is 0.286. The molecule has 1 aliphatic heterocycles. The fourth-order valence-corrected chi connectivity index (χ4v) is 3.26. The first-order valence-corrected chi connectivity index (χ1v) is 8.44. The van der Waals surface area contributed by atoms with Crippen molar-refractivity contribution in [2.45, 2.75) is 36.3 Å². The molecule has 1 aromatic heterocycles. The number of esters is 2. The van der Waals surface area contributed by atoms with Gasteiger partial charge in [-0.15, -0.1) is 0 Å². The van der Waals surface area contributed by atoms with E-state index in [0.717, 1.165) is 4.90 Å². The summed E-state index contributed by atoms with van der Waals surface area (Å²) in [6.07, 6.45) is 1.20. The Kier molecular flexibility index (Phi) is 4.85. The molecule has 1 atom stereocenters. The molecule has 1 aromatic carbocycles. The van der Waals surface area contributed by atoms with Crippen molar-refractivity contribution in [1.29, 1.82) is 0 Å². The summed E-state index contributed by atoms with van der Waals surface area (Å²) in [5, 5.41) is 0.553. The molecule has 1 saturated heterocycles. The van der Waals surface area contributed by atoms with Crippen molar-refractivity contribution < 1.29 is 19.1 Å². The van der Waals surface area contributed by atoms with Crippen molar-refractivity contribution in [3.8, 4) is 0 Å². The highest BCUT2D eigenvalue weighted by Crippen LogP contribution is 2.30. The van der Waals surface area contributed by atoms with Crippen LogP contribution in [0, 0.1) is 13.8 Å². The number of nitrogens with zero attached hydrogens (tertiary/aromatic N) is 1. The van der Waals surface area contributed by atoms with E-state index < -0.39 is 18.0 Å². The largest absolute Gasteiger partial charge is 0.463 e. The molecule has 0 radical (unpaired) electrons. The highest BCUT2D eigenvalue weighted by molar-refractivity contribution is 7.99. The normalized spacial score (nSPS) is 16.8. The zero-order valence-electron chi connectivity index (χ0n) is 13.4. The van der Waals surface area contributed by atoms with Crippen LogP contribution >= 0.6 is 11.8 Å². The van der Waals surface area contributed by atoms with E-state index in [9.17, 15) is 9.59 Å². The minimum atomic E-state index is -0.822. The average Bonchev–Trinajstić information content (AvgIpc) is 2.96. The number of hydrogen-bond donors (Lipinski definition) is 0. The average molecular weight is 343 g/mol. The molecule has 3 rings (SSSR count). The Hall–Kier alpha value is -2.34. The molecule has 1 fully saturated rings. The molecule has 0 aliphatic carbocycles. The van der Waals surface area contributed by atoms with Crippen molar-refractivity contribution in [1.82, 2.24) is 4.98 Å². The Labute approximate surface area is 144 Å². The number of benzene rings is 1. The Morgan fingerprint density at radius 2 is 2.12 bits per heavy atom. The molecule has 24 heavy (non-hydrogen) atoms. The Morgan fingerprint density at radius 1 is 1.29 bits per heavy atom. The van der Waals surface area contributed by atoms with Crippen LogP contribution in [0.3, 0.4) is 0 Å². The van der Waals surface area contributed by atoms with E-state index in [0.29, 0.717) is 17.0 Å². The fraction of sp³-hybridized carbons (Fsp3) is 0.278. The van der Waals surface area contributed by atoms with Crippen LogP contribution in [0.2, 0.25) is 0 Å². The van der Waals surface area contributed by atoms with Crippen LogP contribution in [0.15, 0.2) is 46.5 Å². The minimum Gasteiger partial charge on any atom is -0.463 e. The van der Waals surface area contributed by atoms with Gasteiger partial charge in [-0.2, -0.15) is 0 Å². The Bertz CT molecular complexity index is 790. The monoisotopic (exact) mass is 343 g/mol. The summed E-state index contributed by atoms with van der Waals surface area (Å²) in [7, 11) is 0. The Balaban J connectivity index is 1.80. The standard InChI is InChI=1S/C18H17NO4S/c1-11-5-6-13(10-12(11)2)24-16-14(4-3-8-19-16)17(20)23-15-7-9-22-18(15)21/h3-6,8,10,15H,7,9H2,1-2H3/t15-/m0/s1. The van der Waals surface area contributed by atoms with Gasteiger partial charge in [0.15, 0.2) is 0 Å². The SMILES string of the molecule is Cc1ccc(Sc2ncccc2C(=O)O[C@H]2CCOC2=O)cc1C. The third-order valence-corrected chi connectivity index (χ3v) is 4.83. The number of cyclic esters (lactones) is 1. The predicted molar refractivity (Wildman–Crippen MR) is 89.1 cm³/mol. The van der Waals surface area contributed by atoms with E-state index in [-0.39, 0.29) is 6.61 Å². The van der Waals surface area contributed by atoms with E-state index in [1.165, 1.54) is 22.9 Å². The van der Waals surface area contributed by atoms with Crippen LogP contribution in [-0.4, -0.2) is 29.6 Å². The molecule has 6 heteroatoms. The first-order chi connectivity index (χ1) is 11.5. The lowest BCUT2D eigenvalue weighted by Gasteiger charge is -2.11. The van der Waals surface area contributed by atoms with Gasteiger partial charge in [-0.25, -0.2) is 14.6 Å².